The molecule has 0 fully saturated rings. The number of rotatable bonds is 4. The molecule has 19 heavy (non-hydrogen) atoms. The average Bonchev–Trinajstić information content (AvgIpc) is 2.39. The van der Waals surface area contributed by atoms with Gasteiger partial charge in [-0.25, -0.2) is 0 Å². The van der Waals surface area contributed by atoms with Crippen molar-refractivity contribution >= 4 is 39.1 Å². The van der Waals surface area contributed by atoms with Crippen LogP contribution in [-0.2, 0) is 20.3 Å². The quantitative estimate of drug-likeness (QED) is 0.814. The van der Waals surface area contributed by atoms with Crippen LogP contribution in [0.3, 0.4) is 0 Å². The molecule has 1 unspecified atom stereocenters. The molecular formula is C14H13ClO3S. The lowest BCUT2D eigenvalue weighted by Gasteiger charge is -2.07. The molecule has 0 saturated carbocycles. The normalized spacial score (nSPS) is 12.3. The van der Waals surface area contributed by atoms with Crippen LogP contribution in [-0.4, -0.2) is 22.5 Å². The summed E-state index contributed by atoms with van der Waals surface area (Å²) in [5.74, 6) is -0.656. The van der Waals surface area contributed by atoms with Crippen LogP contribution in [0.2, 0.25) is 5.02 Å². The number of carbonyl (C=O) groups is 1. The van der Waals surface area contributed by atoms with Crippen LogP contribution < -0.4 is 0 Å². The summed E-state index contributed by atoms with van der Waals surface area (Å²) >= 11 is 6.25. The summed E-state index contributed by atoms with van der Waals surface area (Å²) in [6.07, 6.45) is 0. The Morgan fingerprint density at radius 1 is 1.26 bits per heavy atom. The highest BCUT2D eigenvalue weighted by Gasteiger charge is 2.15. The maximum absolute atomic E-state index is 12.1. The fourth-order valence-corrected chi connectivity index (χ4v) is 3.25. The lowest BCUT2D eigenvalue weighted by molar-refractivity contribution is -0.139. The summed E-state index contributed by atoms with van der Waals surface area (Å²) < 4.78 is 16.9. The predicted octanol–water partition coefficient (Wildman–Crippen LogP) is 3.16. The molecule has 2 rings (SSSR count). The third-order valence-electron chi connectivity index (χ3n) is 2.63. The Bertz CT molecular complexity index is 640. The van der Waals surface area contributed by atoms with Crippen molar-refractivity contribution in [2.45, 2.75) is 11.8 Å². The summed E-state index contributed by atoms with van der Waals surface area (Å²) in [4.78, 5) is 11.8. The molecule has 1 atom stereocenters. The summed E-state index contributed by atoms with van der Waals surface area (Å²) in [5.41, 5.74) is 0. The number of halogens is 1. The minimum absolute atomic E-state index is 0.175. The van der Waals surface area contributed by atoms with Gasteiger partial charge in [0.2, 0.25) is 0 Å². The standard InChI is InChI=1S/C14H13ClO3S/c1-2-18-13(16)9-19(17)12-8-7-10-5-3-4-6-11(10)14(12)15/h3-8H,2,9H2,1H3. The highest BCUT2D eigenvalue weighted by Crippen LogP contribution is 2.29. The van der Waals surface area contributed by atoms with Crippen molar-refractivity contribution in [1.82, 2.24) is 0 Å². The molecule has 0 saturated heterocycles. The summed E-state index contributed by atoms with van der Waals surface area (Å²) in [7, 11) is -1.49. The molecule has 0 heterocycles. The Kier molecular flexibility index (Phi) is 4.56. The molecule has 0 aromatic heterocycles. The topological polar surface area (TPSA) is 43.4 Å². The molecule has 0 radical (unpaired) electrons. The van der Waals surface area contributed by atoms with Gasteiger partial charge in [-0.05, 0) is 18.4 Å². The molecule has 0 aliphatic rings. The van der Waals surface area contributed by atoms with Gasteiger partial charge in [-0.15, -0.1) is 0 Å². The van der Waals surface area contributed by atoms with E-state index in [0.29, 0.717) is 9.92 Å². The molecule has 2 aromatic carbocycles. The van der Waals surface area contributed by atoms with E-state index in [1.165, 1.54) is 0 Å². The molecular weight excluding hydrogens is 284 g/mol. The Labute approximate surface area is 119 Å². The van der Waals surface area contributed by atoms with Crippen molar-refractivity contribution in [1.29, 1.82) is 0 Å². The molecule has 0 aliphatic heterocycles. The van der Waals surface area contributed by atoms with Crippen molar-refractivity contribution < 1.29 is 13.7 Å². The smallest absolute Gasteiger partial charge is 0.318 e. The fraction of sp³-hybridized carbons (Fsp3) is 0.214. The van der Waals surface area contributed by atoms with Crippen molar-refractivity contribution in [2.24, 2.45) is 0 Å². The molecule has 2 aromatic rings. The lowest BCUT2D eigenvalue weighted by Crippen LogP contribution is -2.14. The van der Waals surface area contributed by atoms with E-state index in [1.807, 2.05) is 30.3 Å². The van der Waals surface area contributed by atoms with E-state index in [0.717, 1.165) is 10.8 Å². The van der Waals surface area contributed by atoms with Gasteiger partial charge < -0.3 is 4.74 Å². The third-order valence-corrected chi connectivity index (χ3v) is 4.48. The maximum atomic E-state index is 12.1. The number of hydrogen-bond donors (Lipinski definition) is 0. The number of fused-ring (bicyclic) bond motifs is 1. The SMILES string of the molecule is CCOC(=O)CS(=O)c1ccc2ccccc2c1Cl. The van der Waals surface area contributed by atoms with E-state index < -0.39 is 16.8 Å². The second-order valence-corrected chi connectivity index (χ2v) is 5.69. The Hall–Kier alpha value is -1.39. The van der Waals surface area contributed by atoms with E-state index in [9.17, 15) is 9.00 Å². The van der Waals surface area contributed by atoms with Crippen LogP contribution >= 0.6 is 11.6 Å². The zero-order chi connectivity index (χ0) is 13.8. The number of ether oxygens (including phenoxy) is 1. The zero-order valence-electron chi connectivity index (χ0n) is 10.4. The predicted molar refractivity (Wildman–Crippen MR) is 76.9 cm³/mol. The first-order valence-electron chi connectivity index (χ1n) is 5.84. The van der Waals surface area contributed by atoms with Crippen LogP contribution in [0.4, 0.5) is 0 Å². The highest BCUT2D eigenvalue weighted by molar-refractivity contribution is 7.85. The summed E-state index contributed by atoms with van der Waals surface area (Å²) in [6.45, 7) is 1.99. The van der Waals surface area contributed by atoms with Crippen molar-refractivity contribution in [3.63, 3.8) is 0 Å². The van der Waals surface area contributed by atoms with Crippen molar-refractivity contribution in [2.75, 3.05) is 12.4 Å². The second kappa shape index (κ2) is 6.17. The van der Waals surface area contributed by atoms with Crippen LogP contribution in [0.5, 0.6) is 0 Å². The zero-order valence-corrected chi connectivity index (χ0v) is 12.0. The van der Waals surface area contributed by atoms with Crippen LogP contribution in [0.25, 0.3) is 10.8 Å². The van der Waals surface area contributed by atoms with E-state index in [-0.39, 0.29) is 12.4 Å². The molecule has 0 bridgehead atoms. The number of benzene rings is 2. The van der Waals surface area contributed by atoms with Gasteiger partial charge in [0.05, 0.1) is 27.3 Å². The monoisotopic (exact) mass is 296 g/mol. The van der Waals surface area contributed by atoms with Crippen molar-refractivity contribution in [3.8, 4) is 0 Å². The molecule has 3 nitrogen and oxygen atoms in total. The van der Waals surface area contributed by atoms with Crippen LogP contribution in [0, 0.1) is 0 Å². The number of carbonyl (C=O) groups excluding carboxylic acids is 1. The van der Waals surface area contributed by atoms with Gasteiger partial charge in [0, 0.05) is 5.39 Å². The average molecular weight is 297 g/mol. The maximum Gasteiger partial charge on any atom is 0.318 e. The van der Waals surface area contributed by atoms with Crippen molar-refractivity contribution in [3.05, 3.63) is 41.4 Å². The molecule has 5 heteroatoms. The number of esters is 1. The van der Waals surface area contributed by atoms with Gasteiger partial charge in [-0.2, -0.15) is 0 Å². The van der Waals surface area contributed by atoms with Gasteiger partial charge >= 0.3 is 5.97 Å². The first-order valence-corrected chi connectivity index (χ1v) is 7.54. The largest absolute Gasteiger partial charge is 0.465 e. The van der Waals surface area contributed by atoms with Gasteiger partial charge in [0.1, 0.15) is 5.75 Å². The number of hydrogen-bond acceptors (Lipinski definition) is 3. The molecule has 100 valence electrons. The summed E-state index contributed by atoms with van der Waals surface area (Å²) in [5, 5.41) is 2.24. The summed E-state index contributed by atoms with van der Waals surface area (Å²) in [6, 6.07) is 11.1. The highest BCUT2D eigenvalue weighted by atomic mass is 35.5. The van der Waals surface area contributed by atoms with Crippen LogP contribution in [0.1, 0.15) is 6.92 Å². The van der Waals surface area contributed by atoms with E-state index >= 15 is 0 Å². The molecule has 0 spiro atoms. The van der Waals surface area contributed by atoms with Gasteiger partial charge in [-0.3, -0.25) is 9.00 Å². The first kappa shape index (κ1) is 14.0. The Morgan fingerprint density at radius 3 is 2.74 bits per heavy atom. The van der Waals surface area contributed by atoms with Gasteiger partial charge in [-0.1, -0.05) is 41.9 Å². The van der Waals surface area contributed by atoms with Gasteiger partial charge in [0.15, 0.2) is 0 Å². The molecule has 0 aliphatic carbocycles. The minimum atomic E-state index is -1.49. The van der Waals surface area contributed by atoms with Crippen LogP contribution in [0.15, 0.2) is 41.3 Å². The minimum Gasteiger partial charge on any atom is -0.465 e. The fourth-order valence-electron chi connectivity index (χ4n) is 1.78. The third kappa shape index (κ3) is 3.14. The molecule has 0 N–H and O–H groups in total. The first-order chi connectivity index (χ1) is 9.13. The Morgan fingerprint density at radius 2 is 2.00 bits per heavy atom. The van der Waals surface area contributed by atoms with E-state index in [4.69, 9.17) is 16.3 Å². The lowest BCUT2D eigenvalue weighted by atomic mass is 10.1. The van der Waals surface area contributed by atoms with E-state index in [1.54, 1.807) is 13.0 Å². The second-order valence-electron chi connectivity index (χ2n) is 3.89. The molecule has 0 amide bonds. The Balaban J connectivity index is 2.32. The van der Waals surface area contributed by atoms with E-state index in [2.05, 4.69) is 0 Å². The van der Waals surface area contributed by atoms with Gasteiger partial charge in [0.25, 0.3) is 0 Å².